The highest BCUT2D eigenvalue weighted by atomic mass is 16.5. The van der Waals surface area contributed by atoms with Gasteiger partial charge in [-0.3, -0.25) is 19.2 Å². The molecule has 4 rings (SSSR count). The first-order chi connectivity index (χ1) is 14.6. The molecule has 0 fully saturated rings. The van der Waals surface area contributed by atoms with Crippen molar-refractivity contribution in [2.45, 2.75) is 31.8 Å². The van der Waals surface area contributed by atoms with E-state index in [1.54, 1.807) is 0 Å². The van der Waals surface area contributed by atoms with Gasteiger partial charge in [0.05, 0.1) is 16.7 Å². The Morgan fingerprint density at radius 2 is 1.65 bits per heavy atom. The van der Waals surface area contributed by atoms with E-state index in [0.29, 0.717) is 0 Å². The minimum Gasteiger partial charge on any atom is -0.507 e. The van der Waals surface area contributed by atoms with E-state index < -0.39 is 70.3 Å². The van der Waals surface area contributed by atoms with E-state index in [1.165, 1.54) is 18.2 Å². The Bertz CT molecular complexity index is 1190. The number of rotatable bonds is 3. The molecule has 9 heteroatoms. The Morgan fingerprint density at radius 3 is 2.32 bits per heavy atom. The van der Waals surface area contributed by atoms with Crippen LogP contribution in [0.3, 0.4) is 0 Å². The highest BCUT2D eigenvalue weighted by Gasteiger charge is 2.45. The predicted molar refractivity (Wildman–Crippen MR) is 103 cm³/mol. The van der Waals surface area contributed by atoms with Gasteiger partial charge in [0.25, 0.3) is 0 Å². The Kier molecular flexibility index (Phi) is 4.58. The molecule has 0 aliphatic heterocycles. The van der Waals surface area contributed by atoms with Gasteiger partial charge in [-0.15, -0.1) is 0 Å². The molecule has 0 radical (unpaired) electrons. The molecule has 0 aromatic heterocycles. The number of Topliss-reactive ketones (excluding diaryl/α,β-unsaturated/α-hetero) is 1. The van der Waals surface area contributed by atoms with Crippen molar-refractivity contribution in [1.29, 1.82) is 0 Å². The van der Waals surface area contributed by atoms with Gasteiger partial charge >= 0.3 is 5.97 Å². The molecule has 0 saturated heterocycles. The summed E-state index contributed by atoms with van der Waals surface area (Å²) in [5, 5.41) is 42.5. The van der Waals surface area contributed by atoms with Crippen LogP contribution in [0.2, 0.25) is 0 Å². The van der Waals surface area contributed by atoms with E-state index in [-0.39, 0.29) is 35.1 Å². The number of esters is 1. The van der Waals surface area contributed by atoms with Crippen LogP contribution in [0.4, 0.5) is 0 Å². The fourth-order valence-electron chi connectivity index (χ4n) is 4.21. The second-order valence-corrected chi connectivity index (χ2v) is 7.67. The number of phenolic OH excluding ortho intramolecular Hbond substituents is 3. The quantitative estimate of drug-likeness (QED) is 0.353. The number of carbonyl (C=O) groups is 4. The molecule has 2 aromatic carbocycles. The van der Waals surface area contributed by atoms with Crippen molar-refractivity contribution in [3.05, 3.63) is 51.6 Å². The van der Waals surface area contributed by atoms with Crippen LogP contribution in [0.1, 0.15) is 56.3 Å². The number of hydrogen-bond donors (Lipinski definition) is 4. The van der Waals surface area contributed by atoms with Crippen LogP contribution in [0.25, 0.3) is 0 Å². The zero-order chi connectivity index (χ0) is 22.7. The van der Waals surface area contributed by atoms with E-state index in [4.69, 9.17) is 0 Å². The summed E-state index contributed by atoms with van der Waals surface area (Å²) in [5.41, 5.74) is -3.17. The Hall–Kier alpha value is -3.72. The molecular formula is C22H18O9. The Labute approximate surface area is 175 Å². The standard InChI is InChI=1S/C22H18O9/c1-9(23)31-8-14(25)22(30)6-5-10-12(7-22)20(28)16-17(18(10)26)21(29)15-11(19(16)27)3-2-4-13(15)24/h2-4,24,26,28,30H,5-8H2,1H3/t22-/m1/s1. The van der Waals surface area contributed by atoms with Crippen molar-refractivity contribution >= 4 is 23.3 Å². The Balaban J connectivity index is 1.84. The van der Waals surface area contributed by atoms with Crippen molar-refractivity contribution in [3.8, 4) is 17.2 Å². The molecule has 0 bridgehead atoms. The molecule has 0 spiro atoms. The van der Waals surface area contributed by atoms with Gasteiger partial charge in [0.2, 0.25) is 11.6 Å². The molecule has 31 heavy (non-hydrogen) atoms. The summed E-state index contributed by atoms with van der Waals surface area (Å²) < 4.78 is 4.65. The van der Waals surface area contributed by atoms with Gasteiger partial charge < -0.3 is 25.2 Å². The maximum Gasteiger partial charge on any atom is 0.303 e. The van der Waals surface area contributed by atoms with Crippen molar-refractivity contribution in [3.63, 3.8) is 0 Å². The number of benzene rings is 2. The van der Waals surface area contributed by atoms with Gasteiger partial charge in [0, 0.05) is 30.0 Å². The summed E-state index contributed by atoms with van der Waals surface area (Å²) >= 11 is 0. The molecule has 0 unspecified atom stereocenters. The highest BCUT2D eigenvalue weighted by molar-refractivity contribution is 6.31. The third kappa shape index (κ3) is 2.97. The van der Waals surface area contributed by atoms with Crippen LogP contribution in [0.5, 0.6) is 17.2 Å². The average molecular weight is 426 g/mol. The van der Waals surface area contributed by atoms with Gasteiger partial charge in [-0.25, -0.2) is 0 Å². The SMILES string of the molecule is CC(=O)OCC(=O)[C@@]1(O)CCc2c(O)c3c(c(O)c2C1)C(=O)c1cccc(O)c1C3=O. The number of carbonyl (C=O) groups excluding carboxylic acids is 4. The molecule has 2 aliphatic rings. The number of ketones is 3. The van der Waals surface area contributed by atoms with Crippen LogP contribution >= 0.6 is 0 Å². The first kappa shape index (κ1) is 20.5. The molecule has 0 amide bonds. The second-order valence-electron chi connectivity index (χ2n) is 7.67. The Morgan fingerprint density at radius 1 is 1.00 bits per heavy atom. The van der Waals surface area contributed by atoms with E-state index in [2.05, 4.69) is 4.74 Å². The number of fused-ring (bicyclic) bond motifs is 3. The number of aliphatic hydroxyl groups is 1. The molecule has 1 atom stereocenters. The van der Waals surface area contributed by atoms with Crippen LogP contribution in [0.15, 0.2) is 18.2 Å². The lowest BCUT2D eigenvalue weighted by Crippen LogP contribution is -2.46. The van der Waals surface area contributed by atoms with Crippen molar-refractivity contribution < 1.29 is 44.3 Å². The van der Waals surface area contributed by atoms with Gasteiger partial charge in [0.1, 0.15) is 22.8 Å². The van der Waals surface area contributed by atoms with Crippen LogP contribution in [0, 0.1) is 0 Å². The molecule has 160 valence electrons. The van der Waals surface area contributed by atoms with Gasteiger partial charge in [-0.2, -0.15) is 0 Å². The van der Waals surface area contributed by atoms with Crippen molar-refractivity contribution in [1.82, 2.24) is 0 Å². The summed E-state index contributed by atoms with van der Waals surface area (Å²) in [6, 6.07) is 3.92. The maximum atomic E-state index is 13.0. The number of phenols is 3. The molecule has 2 aromatic rings. The molecule has 0 heterocycles. The van der Waals surface area contributed by atoms with Crippen LogP contribution < -0.4 is 0 Å². The third-order valence-electron chi connectivity index (χ3n) is 5.81. The summed E-state index contributed by atoms with van der Waals surface area (Å²) in [7, 11) is 0. The highest BCUT2D eigenvalue weighted by Crippen LogP contribution is 2.48. The lowest BCUT2D eigenvalue weighted by Gasteiger charge is -2.34. The predicted octanol–water partition coefficient (Wildman–Crippen LogP) is 0.931. The zero-order valence-electron chi connectivity index (χ0n) is 16.4. The first-order valence-electron chi connectivity index (χ1n) is 9.47. The topological polar surface area (TPSA) is 158 Å². The lowest BCUT2D eigenvalue weighted by atomic mass is 9.73. The fraction of sp³-hybridized carbons (Fsp3) is 0.273. The summed E-state index contributed by atoms with van der Waals surface area (Å²) in [4.78, 5) is 49.4. The smallest absolute Gasteiger partial charge is 0.303 e. The fourth-order valence-corrected chi connectivity index (χ4v) is 4.21. The normalized spacial score (nSPS) is 19.3. The van der Waals surface area contributed by atoms with Crippen molar-refractivity contribution in [2.75, 3.05) is 6.61 Å². The first-order valence-corrected chi connectivity index (χ1v) is 9.47. The van der Waals surface area contributed by atoms with E-state index in [1.807, 2.05) is 0 Å². The summed E-state index contributed by atoms with van der Waals surface area (Å²) in [6.07, 6.45) is -0.682. The lowest BCUT2D eigenvalue weighted by molar-refractivity contribution is -0.153. The average Bonchev–Trinajstić information content (AvgIpc) is 2.72. The molecule has 0 saturated carbocycles. The minimum atomic E-state index is -1.99. The number of aromatic hydroxyl groups is 3. The number of hydrogen-bond acceptors (Lipinski definition) is 9. The third-order valence-corrected chi connectivity index (χ3v) is 5.81. The summed E-state index contributed by atoms with van der Waals surface area (Å²) in [5.74, 6) is -4.67. The molecule has 4 N–H and O–H groups in total. The molecule has 2 aliphatic carbocycles. The van der Waals surface area contributed by atoms with Crippen molar-refractivity contribution in [2.24, 2.45) is 0 Å². The number of ether oxygens (including phenoxy) is 1. The molecular weight excluding hydrogens is 408 g/mol. The maximum absolute atomic E-state index is 13.0. The van der Waals surface area contributed by atoms with E-state index in [0.717, 1.165) is 6.92 Å². The van der Waals surface area contributed by atoms with Crippen LogP contribution in [-0.2, 0) is 27.2 Å². The monoisotopic (exact) mass is 426 g/mol. The van der Waals surface area contributed by atoms with Gasteiger partial charge in [0.15, 0.2) is 12.4 Å². The molecule has 9 nitrogen and oxygen atoms in total. The second kappa shape index (κ2) is 6.92. The van der Waals surface area contributed by atoms with Crippen LogP contribution in [-0.4, -0.2) is 56.0 Å². The minimum absolute atomic E-state index is 0.0362. The van der Waals surface area contributed by atoms with E-state index in [9.17, 15) is 39.6 Å². The summed E-state index contributed by atoms with van der Waals surface area (Å²) in [6.45, 7) is 0.449. The van der Waals surface area contributed by atoms with E-state index >= 15 is 0 Å². The van der Waals surface area contributed by atoms with Gasteiger partial charge in [-0.05, 0) is 18.9 Å². The van der Waals surface area contributed by atoms with Gasteiger partial charge in [-0.1, -0.05) is 12.1 Å². The largest absolute Gasteiger partial charge is 0.507 e. The zero-order valence-corrected chi connectivity index (χ0v) is 16.4.